The van der Waals surface area contributed by atoms with Crippen molar-refractivity contribution < 1.29 is 13.2 Å². The number of piperazine rings is 1. The van der Waals surface area contributed by atoms with Crippen LogP contribution in [0.2, 0.25) is 0 Å². The average Bonchev–Trinajstić information content (AvgIpc) is 2.55. The maximum atomic E-state index is 12.6. The number of benzene rings is 1. The molecule has 1 aliphatic rings. The fourth-order valence-electron chi connectivity index (χ4n) is 2.59. The lowest BCUT2D eigenvalue weighted by atomic mass is 10.2. The van der Waals surface area contributed by atoms with Gasteiger partial charge in [-0.1, -0.05) is 31.5 Å². The molecule has 7 heteroatoms. The normalized spacial score (nSPS) is 17.2. The molecule has 1 aromatic carbocycles. The molecule has 0 unspecified atom stereocenters. The Balaban J connectivity index is 1.84. The molecular formula is C17H27N3O3S. The molecule has 2 rings (SSSR count). The van der Waals surface area contributed by atoms with Gasteiger partial charge in [-0.15, -0.1) is 0 Å². The van der Waals surface area contributed by atoms with Crippen molar-refractivity contribution in [3.63, 3.8) is 0 Å². The van der Waals surface area contributed by atoms with E-state index >= 15 is 0 Å². The second-order valence-corrected chi connectivity index (χ2v) is 8.44. The fraction of sp³-hybridized carbons (Fsp3) is 0.588. The second-order valence-electron chi connectivity index (χ2n) is 6.50. The van der Waals surface area contributed by atoms with Gasteiger partial charge in [0.2, 0.25) is 15.9 Å². The van der Waals surface area contributed by atoms with E-state index in [9.17, 15) is 13.2 Å². The van der Waals surface area contributed by atoms with Crippen molar-refractivity contribution in [3.8, 4) is 0 Å². The monoisotopic (exact) mass is 353 g/mol. The molecule has 0 aliphatic carbocycles. The van der Waals surface area contributed by atoms with E-state index in [-0.39, 0.29) is 11.8 Å². The maximum Gasteiger partial charge on any atom is 0.243 e. The quantitative estimate of drug-likeness (QED) is 0.831. The van der Waals surface area contributed by atoms with Gasteiger partial charge in [-0.3, -0.25) is 9.69 Å². The predicted molar refractivity (Wildman–Crippen MR) is 94.2 cm³/mol. The first kappa shape index (κ1) is 18.9. The number of aryl methyl sites for hydroxylation is 1. The van der Waals surface area contributed by atoms with E-state index < -0.39 is 10.0 Å². The van der Waals surface area contributed by atoms with Gasteiger partial charge >= 0.3 is 0 Å². The Hall–Kier alpha value is -1.44. The van der Waals surface area contributed by atoms with E-state index in [0.29, 0.717) is 37.6 Å². The zero-order chi connectivity index (χ0) is 17.7. The molecule has 1 aliphatic heterocycles. The first-order valence-corrected chi connectivity index (χ1v) is 9.81. The summed E-state index contributed by atoms with van der Waals surface area (Å²) < 4.78 is 26.8. The molecule has 134 valence electrons. The summed E-state index contributed by atoms with van der Waals surface area (Å²) in [5.74, 6) is 0.0390. The van der Waals surface area contributed by atoms with E-state index in [4.69, 9.17) is 0 Å². The highest BCUT2D eigenvalue weighted by molar-refractivity contribution is 7.89. The number of sulfonamides is 1. The van der Waals surface area contributed by atoms with Crippen LogP contribution in [0.1, 0.15) is 19.4 Å². The summed E-state index contributed by atoms with van der Waals surface area (Å²) in [6.07, 6.45) is 0. The summed E-state index contributed by atoms with van der Waals surface area (Å²) in [5, 5.41) is 2.89. The molecule has 0 aromatic heterocycles. The van der Waals surface area contributed by atoms with Crippen LogP contribution in [0.5, 0.6) is 0 Å². The molecule has 0 saturated carbocycles. The first-order valence-electron chi connectivity index (χ1n) is 8.37. The van der Waals surface area contributed by atoms with Crippen LogP contribution in [0.15, 0.2) is 29.2 Å². The van der Waals surface area contributed by atoms with Crippen molar-refractivity contribution in [3.05, 3.63) is 29.8 Å². The number of rotatable bonds is 6. The third-order valence-electron chi connectivity index (χ3n) is 4.24. The summed E-state index contributed by atoms with van der Waals surface area (Å²) in [7, 11) is -3.41. The molecule has 1 amide bonds. The van der Waals surface area contributed by atoms with Crippen LogP contribution in [0.4, 0.5) is 0 Å². The van der Waals surface area contributed by atoms with Gasteiger partial charge in [-0.05, 0) is 19.1 Å². The minimum absolute atomic E-state index is 0.0125. The molecule has 1 fully saturated rings. The molecule has 1 heterocycles. The molecule has 0 bridgehead atoms. The molecule has 0 radical (unpaired) electrons. The van der Waals surface area contributed by atoms with Crippen LogP contribution in [-0.2, 0) is 14.8 Å². The van der Waals surface area contributed by atoms with Crippen LogP contribution in [0.3, 0.4) is 0 Å². The molecular weight excluding hydrogens is 326 g/mol. The highest BCUT2D eigenvalue weighted by atomic mass is 32.2. The van der Waals surface area contributed by atoms with Gasteiger partial charge < -0.3 is 5.32 Å². The zero-order valence-corrected chi connectivity index (χ0v) is 15.5. The highest BCUT2D eigenvalue weighted by Crippen LogP contribution is 2.18. The second kappa shape index (κ2) is 8.09. The van der Waals surface area contributed by atoms with Crippen LogP contribution in [-0.4, -0.2) is 62.8 Å². The minimum atomic E-state index is -3.41. The van der Waals surface area contributed by atoms with E-state index in [1.807, 2.05) is 32.9 Å². The van der Waals surface area contributed by atoms with Crippen LogP contribution in [0, 0.1) is 12.8 Å². The molecule has 0 spiro atoms. The van der Waals surface area contributed by atoms with Crippen LogP contribution >= 0.6 is 0 Å². The standard InChI is InChI=1S/C17H27N3O3S/c1-14(2)17(21)18-8-9-19-10-12-20(13-11-19)24(22,23)16-6-4-15(3)5-7-16/h4-7,14H,8-13H2,1-3H3,(H,18,21). The topological polar surface area (TPSA) is 69.7 Å². The number of nitrogens with zero attached hydrogens (tertiary/aromatic N) is 2. The molecule has 0 atom stereocenters. The van der Waals surface area contributed by atoms with E-state index in [1.54, 1.807) is 16.4 Å². The van der Waals surface area contributed by atoms with Gasteiger partial charge in [0.05, 0.1) is 4.90 Å². The summed E-state index contributed by atoms with van der Waals surface area (Å²) in [5.41, 5.74) is 1.04. The highest BCUT2D eigenvalue weighted by Gasteiger charge is 2.28. The lowest BCUT2D eigenvalue weighted by molar-refractivity contribution is -0.124. The summed E-state index contributed by atoms with van der Waals surface area (Å²) in [6, 6.07) is 6.97. The summed E-state index contributed by atoms with van der Waals surface area (Å²) in [6.45, 7) is 9.34. The number of carbonyl (C=O) groups excluding carboxylic acids is 1. The van der Waals surface area contributed by atoms with Gasteiger partial charge in [-0.25, -0.2) is 8.42 Å². The average molecular weight is 353 g/mol. The van der Waals surface area contributed by atoms with E-state index in [1.165, 1.54) is 0 Å². The van der Waals surface area contributed by atoms with Crippen molar-refractivity contribution in [2.45, 2.75) is 25.7 Å². The predicted octanol–water partition coefficient (Wildman–Crippen LogP) is 1.07. The van der Waals surface area contributed by atoms with Gasteiger partial charge in [0.25, 0.3) is 0 Å². The molecule has 6 nitrogen and oxygen atoms in total. The number of hydrogen-bond acceptors (Lipinski definition) is 4. The first-order chi connectivity index (χ1) is 11.3. The lowest BCUT2D eigenvalue weighted by Gasteiger charge is -2.34. The van der Waals surface area contributed by atoms with Crippen molar-refractivity contribution >= 4 is 15.9 Å². The molecule has 24 heavy (non-hydrogen) atoms. The number of carbonyl (C=O) groups is 1. The van der Waals surface area contributed by atoms with Gasteiger partial charge in [0.1, 0.15) is 0 Å². The zero-order valence-electron chi connectivity index (χ0n) is 14.7. The van der Waals surface area contributed by atoms with Crippen molar-refractivity contribution in [2.75, 3.05) is 39.3 Å². The van der Waals surface area contributed by atoms with Crippen molar-refractivity contribution in [1.29, 1.82) is 0 Å². The fourth-order valence-corrected chi connectivity index (χ4v) is 4.02. The Morgan fingerprint density at radius 1 is 1.12 bits per heavy atom. The molecule has 1 saturated heterocycles. The Bertz CT molecular complexity index is 648. The van der Waals surface area contributed by atoms with Crippen molar-refractivity contribution in [2.24, 2.45) is 5.92 Å². The minimum Gasteiger partial charge on any atom is -0.355 e. The smallest absolute Gasteiger partial charge is 0.243 e. The van der Waals surface area contributed by atoms with Crippen molar-refractivity contribution in [1.82, 2.24) is 14.5 Å². The Kier molecular flexibility index (Phi) is 6.37. The molecule has 1 N–H and O–H groups in total. The van der Waals surface area contributed by atoms with Gasteiger partial charge in [0, 0.05) is 45.2 Å². The van der Waals surface area contributed by atoms with Crippen LogP contribution < -0.4 is 5.32 Å². The number of nitrogens with one attached hydrogen (secondary N) is 1. The van der Waals surface area contributed by atoms with E-state index in [2.05, 4.69) is 10.2 Å². The number of hydrogen-bond donors (Lipinski definition) is 1. The SMILES string of the molecule is Cc1ccc(S(=O)(=O)N2CCN(CCNC(=O)C(C)C)CC2)cc1. The Labute approximate surface area is 144 Å². The molecule has 1 aromatic rings. The number of amides is 1. The van der Waals surface area contributed by atoms with Crippen LogP contribution in [0.25, 0.3) is 0 Å². The van der Waals surface area contributed by atoms with E-state index in [0.717, 1.165) is 12.1 Å². The lowest BCUT2D eigenvalue weighted by Crippen LogP contribution is -2.50. The third-order valence-corrected chi connectivity index (χ3v) is 6.15. The van der Waals surface area contributed by atoms with Gasteiger partial charge in [-0.2, -0.15) is 4.31 Å². The largest absolute Gasteiger partial charge is 0.355 e. The maximum absolute atomic E-state index is 12.6. The summed E-state index contributed by atoms with van der Waals surface area (Å²) in [4.78, 5) is 14.1. The Morgan fingerprint density at radius 3 is 2.25 bits per heavy atom. The van der Waals surface area contributed by atoms with Gasteiger partial charge in [0.15, 0.2) is 0 Å². The third kappa shape index (κ3) is 4.78. The Morgan fingerprint density at radius 2 is 1.71 bits per heavy atom. The summed E-state index contributed by atoms with van der Waals surface area (Å²) >= 11 is 0.